The van der Waals surface area contributed by atoms with Crippen molar-refractivity contribution in [2.24, 2.45) is 5.41 Å². The van der Waals surface area contributed by atoms with Crippen molar-refractivity contribution in [1.82, 2.24) is 4.90 Å². The third-order valence-corrected chi connectivity index (χ3v) is 2.59. The zero-order chi connectivity index (χ0) is 8.48. The van der Waals surface area contributed by atoms with Crippen molar-refractivity contribution in [1.29, 1.82) is 0 Å². The molecule has 0 aromatic carbocycles. The van der Waals surface area contributed by atoms with Crippen LogP contribution >= 0.6 is 0 Å². The zero-order valence-electron chi connectivity index (χ0n) is 8.15. The Morgan fingerprint density at radius 3 is 2.45 bits per heavy atom. The molecule has 0 atom stereocenters. The van der Waals surface area contributed by atoms with Crippen LogP contribution in [-0.4, -0.2) is 18.0 Å². The van der Waals surface area contributed by atoms with Crippen LogP contribution in [0.1, 0.15) is 34.1 Å². The maximum atomic E-state index is 2.47. The largest absolute Gasteiger partial charge is 0.375 e. The first-order chi connectivity index (χ1) is 5.05. The molecule has 0 aliphatic carbocycles. The summed E-state index contributed by atoms with van der Waals surface area (Å²) in [4.78, 5) is 2.47. The molecule has 0 N–H and O–H groups in total. The standard InChI is InChI=1S/C10H19N/c1-5-9(2)11-7-6-10(3,4)8-11/h5H,6-8H2,1-4H3. The van der Waals surface area contributed by atoms with E-state index in [4.69, 9.17) is 0 Å². The van der Waals surface area contributed by atoms with E-state index in [-0.39, 0.29) is 0 Å². The van der Waals surface area contributed by atoms with E-state index >= 15 is 0 Å². The Balaban J connectivity index is 2.55. The highest BCUT2D eigenvalue weighted by Gasteiger charge is 2.28. The fourth-order valence-electron chi connectivity index (χ4n) is 1.60. The van der Waals surface area contributed by atoms with Crippen LogP contribution in [0.25, 0.3) is 0 Å². The molecule has 1 aliphatic heterocycles. The number of nitrogens with zero attached hydrogens (tertiary/aromatic N) is 1. The third-order valence-electron chi connectivity index (χ3n) is 2.59. The number of rotatable bonds is 1. The van der Waals surface area contributed by atoms with Gasteiger partial charge in [-0.2, -0.15) is 0 Å². The van der Waals surface area contributed by atoms with E-state index in [0.717, 1.165) is 0 Å². The quantitative estimate of drug-likeness (QED) is 0.560. The number of hydrogen-bond acceptors (Lipinski definition) is 1. The number of hydrogen-bond donors (Lipinski definition) is 0. The first-order valence-electron chi connectivity index (χ1n) is 4.43. The molecule has 1 heterocycles. The van der Waals surface area contributed by atoms with Crippen molar-refractivity contribution in [2.45, 2.75) is 34.1 Å². The SMILES string of the molecule is CC=C(C)N1CCC(C)(C)C1. The van der Waals surface area contributed by atoms with Gasteiger partial charge >= 0.3 is 0 Å². The van der Waals surface area contributed by atoms with Gasteiger partial charge < -0.3 is 4.90 Å². The minimum absolute atomic E-state index is 0.532. The second-order valence-corrected chi connectivity index (χ2v) is 4.27. The molecule has 0 bridgehead atoms. The molecule has 0 spiro atoms. The van der Waals surface area contributed by atoms with E-state index in [1.807, 2.05) is 0 Å². The topological polar surface area (TPSA) is 3.24 Å². The van der Waals surface area contributed by atoms with Crippen LogP contribution in [0, 0.1) is 5.41 Å². The summed E-state index contributed by atoms with van der Waals surface area (Å²) in [6.07, 6.45) is 3.53. The molecule has 0 aromatic heterocycles. The van der Waals surface area contributed by atoms with Gasteiger partial charge in [0.25, 0.3) is 0 Å². The van der Waals surface area contributed by atoms with Gasteiger partial charge in [0.2, 0.25) is 0 Å². The van der Waals surface area contributed by atoms with Crippen molar-refractivity contribution in [3.05, 3.63) is 11.8 Å². The Kier molecular flexibility index (Phi) is 2.26. The zero-order valence-corrected chi connectivity index (χ0v) is 8.15. The van der Waals surface area contributed by atoms with E-state index in [9.17, 15) is 0 Å². The van der Waals surface area contributed by atoms with E-state index in [1.165, 1.54) is 25.2 Å². The smallest absolute Gasteiger partial charge is 0.0226 e. The minimum Gasteiger partial charge on any atom is -0.375 e. The average Bonchev–Trinajstić information content (AvgIpc) is 2.29. The van der Waals surface area contributed by atoms with E-state index < -0.39 is 0 Å². The normalized spacial score (nSPS) is 24.4. The summed E-state index contributed by atoms with van der Waals surface area (Å²) in [5.74, 6) is 0. The van der Waals surface area contributed by atoms with Crippen LogP contribution in [0.4, 0.5) is 0 Å². The summed E-state index contributed by atoms with van der Waals surface area (Å²) in [5, 5.41) is 0. The molecular formula is C10H19N. The summed E-state index contributed by atoms with van der Waals surface area (Å²) >= 11 is 0. The maximum Gasteiger partial charge on any atom is 0.0226 e. The lowest BCUT2D eigenvalue weighted by atomic mass is 9.93. The molecular weight excluding hydrogens is 134 g/mol. The Hall–Kier alpha value is -0.460. The lowest BCUT2D eigenvalue weighted by Crippen LogP contribution is -2.21. The molecule has 64 valence electrons. The summed E-state index contributed by atoms with van der Waals surface area (Å²) < 4.78 is 0. The van der Waals surface area contributed by atoms with Gasteiger partial charge in [0.15, 0.2) is 0 Å². The third kappa shape index (κ3) is 1.98. The summed E-state index contributed by atoms with van der Waals surface area (Å²) in [7, 11) is 0. The molecule has 1 heteroatoms. The Morgan fingerprint density at radius 1 is 1.45 bits per heavy atom. The maximum absolute atomic E-state index is 2.47. The van der Waals surface area contributed by atoms with Gasteiger partial charge in [0.1, 0.15) is 0 Å². The first kappa shape index (κ1) is 8.63. The molecule has 0 amide bonds. The van der Waals surface area contributed by atoms with Crippen LogP contribution in [0.5, 0.6) is 0 Å². The summed E-state index contributed by atoms with van der Waals surface area (Å²) in [6, 6.07) is 0. The van der Waals surface area contributed by atoms with Crippen LogP contribution < -0.4 is 0 Å². The Bertz CT molecular complexity index is 168. The minimum atomic E-state index is 0.532. The molecule has 1 nitrogen and oxygen atoms in total. The highest BCUT2D eigenvalue weighted by Crippen LogP contribution is 2.30. The molecule has 11 heavy (non-hydrogen) atoms. The predicted octanol–water partition coefficient (Wildman–Crippen LogP) is 2.64. The second-order valence-electron chi connectivity index (χ2n) is 4.27. The predicted molar refractivity (Wildman–Crippen MR) is 49.4 cm³/mol. The van der Waals surface area contributed by atoms with Gasteiger partial charge in [0, 0.05) is 18.8 Å². The number of allylic oxidation sites excluding steroid dienone is 2. The van der Waals surface area contributed by atoms with E-state index in [0.29, 0.717) is 5.41 Å². The molecule has 0 saturated carbocycles. The second kappa shape index (κ2) is 2.88. The lowest BCUT2D eigenvalue weighted by molar-refractivity contribution is 0.342. The van der Waals surface area contributed by atoms with Gasteiger partial charge in [0.05, 0.1) is 0 Å². The van der Waals surface area contributed by atoms with Gasteiger partial charge in [-0.25, -0.2) is 0 Å². The lowest BCUT2D eigenvalue weighted by Gasteiger charge is -2.21. The molecule has 1 aliphatic rings. The fraction of sp³-hybridized carbons (Fsp3) is 0.800. The summed E-state index contributed by atoms with van der Waals surface area (Å²) in [5.41, 5.74) is 1.96. The van der Waals surface area contributed by atoms with Crippen LogP contribution in [0.15, 0.2) is 11.8 Å². The van der Waals surface area contributed by atoms with Gasteiger partial charge in [-0.1, -0.05) is 19.9 Å². The van der Waals surface area contributed by atoms with Crippen molar-refractivity contribution < 1.29 is 0 Å². The van der Waals surface area contributed by atoms with Gasteiger partial charge in [-0.05, 0) is 25.7 Å². The number of likely N-dealkylation sites (tertiary alicyclic amines) is 1. The van der Waals surface area contributed by atoms with Crippen molar-refractivity contribution in [3.8, 4) is 0 Å². The molecule has 0 radical (unpaired) electrons. The molecule has 0 unspecified atom stereocenters. The molecule has 1 rings (SSSR count). The monoisotopic (exact) mass is 153 g/mol. The van der Waals surface area contributed by atoms with Crippen LogP contribution in [0.3, 0.4) is 0 Å². The molecule has 0 aromatic rings. The molecule has 1 saturated heterocycles. The van der Waals surface area contributed by atoms with Gasteiger partial charge in [-0.3, -0.25) is 0 Å². The van der Waals surface area contributed by atoms with Crippen molar-refractivity contribution >= 4 is 0 Å². The van der Waals surface area contributed by atoms with Crippen LogP contribution in [0.2, 0.25) is 0 Å². The fourth-order valence-corrected chi connectivity index (χ4v) is 1.60. The van der Waals surface area contributed by atoms with E-state index in [2.05, 4.69) is 38.7 Å². The van der Waals surface area contributed by atoms with Crippen LogP contribution in [-0.2, 0) is 0 Å². The van der Waals surface area contributed by atoms with Gasteiger partial charge in [-0.15, -0.1) is 0 Å². The van der Waals surface area contributed by atoms with Crippen molar-refractivity contribution in [2.75, 3.05) is 13.1 Å². The highest BCUT2D eigenvalue weighted by molar-refractivity contribution is 5.00. The Morgan fingerprint density at radius 2 is 2.09 bits per heavy atom. The average molecular weight is 153 g/mol. The molecule has 1 fully saturated rings. The first-order valence-corrected chi connectivity index (χ1v) is 4.43. The summed E-state index contributed by atoms with van der Waals surface area (Å²) in [6.45, 7) is 11.5. The highest BCUT2D eigenvalue weighted by atomic mass is 15.2. The Labute approximate surface area is 70.1 Å². The van der Waals surface area contributed by atoms with E-state index in [1.54, 1.807) is 0 Å². The van der Waals surface area contributed by atoms with Crippen molar-refractivity contribution in [3.63, 3.8) is 0 Å².